The Morgan fingerprint density at radius 1 is 1.17 bits per heavy atom. The molecule has 1 aliphatic carbocycles. The predicted molar refractivity (Wildman–Crippen MR) is 117 cm³/mol. The Hall–Kier alpha value is -2.28. The van der Waals surface area contributed by atoms with Gasteiger partial charge in [-0.1, -0.05) is 25.0 Å². The third-order valence-electron chi connectivity index (χ3n) is 4.72. The third kappa shape index (κ3) is 8.73. The molecule has 1 fully saturated rings. The number of amides is 1. The van der Waals surface area contributed by atoms with E-state index in [-0.39, 0.29) is 0 Å². The molecule has 1 aromatic carbocycles. The van der Waals surface area contributed by atoms with Crippen molar-refractivity contribution in [1.29, 1.82) is 0 Å². The first-order valence-corrected chi connectivity index (χ1v) is 10.5. The molecule has 1 aromatic rings. The second kappa shape index (κ2) is 10.5. The minimum Gasteiger partial charge on any atom is -0.444 e. The summed E-state index contributed by atoms with van der Waals surface area (Å²) >= 11 is 0. The van der Waals surface area contributed by atoms with E-state index in [0.717, 1.165) is 56.7 Å². The number of carbonyl (C=O) groups is 1. The Bertz CT molecular complexity index is 674. The fourth-order valence-corrected chi connectivity index (χ4v) is 3.26. The highest BCUT2D eigenvalue weighted by Crippen LogP contribution is 2.29. The van der Waals surface area contributed by atoms with Crippen molar-refractivity contribution in [2.75, 3.05) is 25.0 Å². The summed E-state index contributed by atoms with van der Waals surface area (Å²) in [6.07, 6.45) is 4.19. The van der Waals surface area contributed by atoms with Crippen LogP contribution in [-0.2, 0) is 11.2 Å². The molecule has 0 spiro atoms. The molecular weight excluding hydrogens is 368 g/mol. The van der Waals surface area contributed by atoms with Gasteiger partial charge in [0.25, 0.3) is 0 Å². The number of hydrogen-bond donors (Lipinski definition) is 4. The van der Waals surface area contributed by atoms with Crippen LogP contribution in [0.2, 0.25) is 0 Å². The second-order valence-electron chi connectivity index (χ2n) is 8.63. The molecule has 0 heterocycles. The van der Waals surface area contributed by atoms with Gasteiger partial charge in [-0.2, -0.15) is 0 Å². The molecule has 0 radical (unpaired) electrons. The predicted octanol–water partition coefficient (Wildman–Crippen LogP) is 3.44. The van der Waals surface area contributed by atoms with Crippen LogP contribution in [-0.4, -0.2) is 48.0 Å². The lowest BCUT2D eigenvalue weighted by Crippen LogP contribution is -2.40. The number of hydrogen-bond acceptors (Lipinski definition) is 4. The SMILES string of the molecule is CCNC(=NCC1(O)CCCC1)NCCc1ccc(NC(=O)OC(C)(C)C)cc1. The number of rotatable bonds is 7. The molecule has 0 aliphatic heterocycles. The maximum Gasteiger partial charge on any atom is 0.412 e. The Balaban J connectivity index is 1.79. The number of guanidine groups is 1. The summed E-state index contributed by atoms with van der Waals surface area (Å²) in [4.78, 5) is 16.4. The van der Waals surface area contributed by atoms with Crippen LogP contribution in [0.25, 0.3) is 0 Å². The van der Waals surface area contributed by atoms with Crippen molar-refractivity contribution < 1.29 is 14.6 Å². The van der Waals surface area contributed by atoms with Gasteiger partial charge >= 0.3 is 6.09 Å². The van der Waals surface area contributed by atoms with Gasteiger partial charge in [0.2, 0.25) is 0 Å². The number of nitrogens with one attached hydrogen (secondary N) is 3. The molecule has 0 bridgehead atoms. The largest absolute Gasteiger partial charge is 0.444 e. The lowest BCUT2D eigenvalue weighted by atomic mass is 10.0. The van der Waals surface area contributed by atoms with Crippen molar-refractivity contribution in [3.63, 3.8) is 0 Å². The van der Waals surface area contributed by atoms with Gasteiger partial charge in [-0.05, 0) is 64.7 Å². The standard InChI is InChI=1S/C22H36N4O3/c1-5-23-19(25-16-22(28)13-6-7-14-22)24-15-12-17-8-10-18(11-9-17)26-20(27)29-21(2,3)4/h8-11,28H,5-7,12-16H2,1-4H3,(H,26,27)(H2,23,24,25). The molecule has 7 nitrogen and oxygen atoms in total. The summed E-state index contributed by atoms with van der Waals surface area (Å²) in [7, 11) is 0. The highest BCUT2D eigenvalue weighted by Gasteiger charge is 2.30. The number of anilines is 1. The van der Waals surface area contributed by atoms with E-state index in [0.29, 0.717) is 12.2 Å². The average molecular weight is 405 g/mol. The van der Waals surface area contributed by atoms with Gasteiger partial charge in [0, 0.05) is 18.8 Å². The van der Waals surface area contributed by atoms with Gasteiger partial charge in [-0.15, -0.1) is 0 Å². The maximum atomic E-state index is 11.8. The van der Waals surface area contributed by atoms with Crippen molar-refractivity contribution in [2.45, 2.75) is 71.0 Å². The Kier molecular flexibility index (Phi) is 8.32. The molecule has 1 saturated carbocycles. The van der Waals surface area contributed by atoms with Crippen molar-refractivity contribution in [3.8, 4) is 0 Å². The Morgan fingerprint density at radius 2 is 1.83 bits per heavy atom. The van der Waals surface area contributed by atoms with Crippen molar-refractivity contribution in [2.24, 2.45) is 4.99 Å². The topological polar surface area (TPSA) is 95.0 Å². The van der Waals surface area contributed by atoms with Crippen LogP contribution in [0.3, 0.4) is 0 Å². The molecule has 162 valence electrons. The van der Waals surface area contributed by atoms with E-state index in [2.05, 4.69) is 20.9 Å². The second-order valence-corrected chi connectivity index (χ2v) is 8.63. The quantitative estimate of drug-likeness (QED) is 0.412. The van der Waals surface area contributed by atoms with Crippen LogP contribution in [0.4, 0.5) is 10.5 Å². The molecule has 1 aliphatic rings. The third-order valence-corrected chi connectivity index (χ3v) is 4.72. The fraction of sp³-hybridized carbons (Fsp3) is 0.636. The first-order chi connectivity index (χ1) is 13.7. The average Bonchev–Trinajstić information content (AvgIpc) is 3.06. The van der Waals surface area contributed by atoms with Gasteiger partial charge < -0.3 is 20.5 Å². The van der Waals surface area contributed by atoms with E-state index in [4.69, 9.17) is 4.74 Å². The van der Waals surface area contributed by atoms with Gasteiger partial charge in [0.1, 0.15) is 5.60 Å². The number of ether oxygens (including phenoxy) is 1. The Labute approximate surface area is 174 Å². The molecule has 2 rings (SSSR count). The summed E-state index contributed by atoms with van der Waals surface area (Å²) in [5, 5.41) is 19.7. The number of nitrogens with zero attached hydrogens (tertiary/aromatic N) is 1. The van der Waals surface area contributed by atoms with Crippen molar-refractivity contribution in [3.05, 3.63) is 29.8 Å². The van der Waals surface area contributed by atoms with E-state index in [1.165, 1.54) is 0 Å². The van der Waals surface area contributed by atoms with Crippen LogP contribution >= 0.6 is 0 Å². The zero-order valence-corrected chi connectivity index (χ0v) is 18.2. The molecule has 7 heteroatoms. The highest BCUT2D eigenvalue weighted by atomic mass is 16.6. The number of benzene rings is 1. The van der Waals surface area contributed by atoms with E-state index in [1.54, 1.807) is 0 Å². The summed E-state index contributed by atoms with van der Waals surface area (Å²) in [6, 6.07) is 7.71. The summed E-state index contributed by atoms with van der Waals surface area (Å²) in [6.45, 7) is 9.47. The van der Waals surface area contributed by atoms with Gasteiger partial charge in [-0.25, -0.2) is 4.79 Å². The van der Waals surface area contributed by atoms with Crippen LogP contribution < -0.4 is 16.0 Å². The van der Waals surface area contributed by atoms with Gasteiger partial charge in [0.05, 0.1) is 12.1 Å². The summed E-state index contributed by atoms with van der Waals surface area (Å²) in [5.41, 5.74) is 0.696. The first-order valence-electron chi connectivity index (χ1n) is 10.5. The van der Waals surface area contributed by atoms with E-state index in [1.807, 2.05) is 52.0 Å². The van der Waals surface area contributed by atoms with Crippen molar-refractivity contribution >= 4 is 17.7 Å². The van der Waals surface area contributed by atoms with E-state index < -0.39 is 17.3 Å². The van der Waals surface area contributed by atoms with Crippen molar-refractivity contribution in [1.82, 2.24) is 10.6 Å². The van der Waals surface area contributed by atoms with E-state index in [9.17, 15) is 9.90 Å². The lowest BCUT2D eigenvalue weighted by molar-refractivity contribution is 0.0573. The minimum atomic E-state index is -0.640. The van der Waals surface area contributed by atoms with Gasteiger partial charge in [-0.3, -0.25) is 10.3 Å². The zero-order chi connectivity index (χ0) is 21.3. The lowest BCUT2D eigenvalue weighted by Gasteiger charge is -2.20. The first kappa shape index (κ1) is 23.0. The molecule has 0 atom stereocenters. The van der Waals surface area contributed by atoms with Crippen LogP contribution in [0.15, 0.2) is 29.3 Å². The van der Waals surface area contributed by atoms with Crippen LogP contribution in [0, 0.1) is 0 Å². The molecule has 0 aromatic heterocycles. The molecule has 0 saturated heterocycles. The number of carbonyl (C=O) groups excluding carboxylic acids is 1. The molecular formula is C22H36N4O3. The van der Waals surface area contributed by atoms with Gasteiger partial charge in [0.15, 0.2) is 5.96 Å². The minimum absolute atomic E-state index is 0.438. The molecule has 4 N–H and O–H groups in total. The number of aliphatic hydroxyl groups is 1. The molecule has 0 unspecified atom stereocenters. The van der Waals surface area contributed by atoms with Crippen LogP contribution in [0.1, 0.15) is 58.9 Å². The summed E-state index contributed by atoms with van der Waals surface area (Å²) in [5.74, 6) is 0.732. The van der Waals surface area contributed by atoms with E-state index >= 15 is 0 Å². The fourth-order valence-electron chi connectivity index (χ4n) is 3.26. The molecule has 1 amide bonds. The maximum absolute atomic E-state index is 11.8. The monoisotopic (exact) mass is 404 g/mol. The van der Waals surface area contributed by atoms with Crippen LogP contribution in [0.5, 0.6) is 0 Å². The number of aliphatic imine (C=N–C) groups is 1. The summed E-state index contributed by atoms with van der Waals surface area (Å²) < 4.78 is 5.25. The Morgan fingerprint density at radius 3 is 2.41 bits per heavy atom. The molecule has 29 heavy (non-hydrogen) atoms. The normalized spacial score (nSPS) is 16.4. The highest BCUT2D eigenvalue weighted by molar-refractivity contribution is 5.84. The smallest absolute Gasteiger partial charge is 0.412 e. The zero-order valence-electron chi connectivity index (χ0n) is 18.2.